The summed E-state index contributed by atoms with van der Waals surface area (Å²) < 4.78 is 15.1. The number of hydrogen-bond donors (Lipinski definition) is 0. The van der Waals surface area contributed by atoms with E-state index in [1.165, 1.54) is 7.11 Å². The fourth-order valence-electron chi connectivity index (χ4n) is 1.17. The van der Waals surface area contributed by atoms with Gasteiger partial charge in [-0.15, -0.1) is 6.42 Å². The highest BCUT2D eigenvalue weighted by Crippen LogP contribution is 2.28. The highest BCUT2D eigenvalue weighted by molar-refractivity contribution is 5.76. The van der Waals surface area contributed by atoms with Crippen LogP contribution in [0.1, 0.15) is 13.8 Å². The molecule has 0 radical (unpaired) electrons. The van der Waals surface area contributed by atoms with E-state index in [4.69, 9.17) is 15.9 Å². The summed E-state index contributed by atoms with van der Waals surface area (Å²) in [6, 6.07) is 0. The van der Waals surface area contributed by atoms with Crippen molar-refractivity contribution in [2.75, 3.05) is 7.11 Å². The van der Waals surface area contributed by atoms with Crippen molar-refractivity contribution in [3.8, 4) is 12.3 Å². The van der Waals surface area contributed by atoms with Crippen molar-refractivity contribution >= 4 is 5.97 Å². The molecule has 0 aromatic carbocycles. The molecule has 0 aromatic heterocycles. The number of methoxy groups -OCH3 is 1. The van der Waals surface area contributed by atoms with Crippen LogP contribution in [0.15, 0.2) is 0 Å². The summed E-state index contributed by atoms with van der Waals surface area (Å²) >= 11 is 0. The van der Waals surface area contributed by atoms with Crippen LogP contribution in [0, 0.1) is 12.3 Å². The molecule has 1 fully saturated rings. The molecular formula is C9H12O4. The van der Waals surface area contributed by atoms with E-state index in [1.54, 1.807) is 13.8 Å². The molecule has 72 valence electrons. The maximum Gasteiger partial charge on any atom is 0.338 e. The van der Waals surface area contributed by atoms with Crippen molar-refractivity contribution in [3.63, 3.8) is 0 Å². The summed E-state index contributed by atoms with van der Waals surface area (Å²) in [5.74, 6) is 1.01. The number of ether oxygens (including phenoxy) is 3. The predicted molar refractivity (Wildman–Crippen MR) is 44.7 cm³/mol. The first-order valence-corrected chi connectivity index (χ1v) is 3.90. The van der Waals surface area contributed by atoms with Crippen LogP contribution < -0.4 is 0 Å². The maximum atomic E-state index is 11.1. The SMILES string of the molecule is C#C[C@@H]1OC(C)(C)O[C@H]1C(=O)OC. The lowest BCUT2D eigenvalue weighted by Crippen LogP contribution is -2.31. The van der Waals surface area contributed by atoms with Crippen molar-refractivity contribution in [2.24, 2.45) is 0 Å². The van der Waals surface area contributed by atoms with Gasteiger partial charge in [0.2, 0.25) is 0 Å². The van der Waals surface area contributed by atoms with Crippen LogP contribution in [0.2, 0.25) is 0 Å². The summed E-state index contributed by atoms with van der Waals surface area (Å²) in [5, 5.41) is 0. The molecule has 0 amide bonds. The minimum Gasteiger partial charge on any atom is -0.467 e. The van der Waals surface area contributed by atoms with E-state index in [0.29, 0.717) is 0 Å². The summed E-state index contributed by atoms with van der Waals surface area (Å²) in [6.07, 6.45) is 3.70. The molecule has 1 rings (SSSR count). The van der Waals surface area contributed by atoms with Gasteiger partial charge in [-0.2, -0.15) is 0 Å². The number of esters is 1. The molecule has 4 nitrogen and oxygen atoms in total. The molecule has 13 heavy (non-hydrogen) atoms. The molecule has 0 bridgehead atoms. The Bertz CT molecular complexity index is 251. The highest BCUT2D eigenvalue weighted by atomic mass is 16.8. The van der Waals surface area contributed by atoms with Gasteiger partial charge < -0.3 is 14.2 Å². The van der Waals surface area contributed by atoms with Crippen molar-refractivity contribution in [1.29, 1.82) is 0 Å². The molecule has 0 saturated carbocycles. The second-order valence-corrected chi connectivity index (χ2v) is 3.17. The molecule has 1 aliphatic heterocycles. The lowest BCUT2D eigenvalue weighted by molar-refractivity contribution is -0.167. The molecule has 1 saturated heterocycles. The zero-order valence-corrected chi connectivity index (χ0v) is 7.87. The number of terminal acetylenes is 1. The largest absolute Gasteiger partial charge is 0.467 e. The van der Waals surface area contributed by atoms with Gasteiger partial charge in [0.25, 0.3) is 0 Å². The lowest BCUT2D eigenvalue weighted by Gasteiger charge is -2.15. The molecule has 1 aliphatic rings. The number of carbonyl (C=O) groups excluding carboxylic acids is 1. The molecule has 4 heteroatoms. The van der Waals surface area contributed by atoms with Crippen molar-refractivity contribution < 1.29 is 19.0 Å². The number of carbonyl (C=O) groups is 1. The third-order valence-corrected chi connectivity index (χ3v) is 1.69. The van der Waals surface area contributed by atoms with E-state index in [2.05, 4.69) is 10.7 Å². The molecule has 0 aromatic rings. The Balaban J connectivity index is 2.76. The highest BCUT2D eigenvalue weighted by Gasteiger charge is 2.45. The van der Waals surface area contributed by atoms with Gasteiger partial charge in [-0.3, -0.25) is 0 Å². The smallest absolute Gasteiger partial charge is 0.338 e. The topological polar surface area (TPSA) is 44.8 Å². The summed E-state index contributed by atoms with van der Waals surface area (Å²) in [4.78, 5) is 11.1. The molecule has 0 N–H and O–H groups in total. The molecule has 2 atom stereocenters. The second-order valence-electron chi connectivity index (χ2n) is 3.17. The first-order chi connectivity index (χ1) is 6.00. The van der Waals surface area contributed by atoms with E-state index >= 15 is 0 Å². The van der Waals surface area contributed by atoms with E-state index in [1.807, 2.05) is 0 Å². The zero-order valence-electron chi connectivity index (χ0n) is 7.87. The lowest BCUT2D eigenvalue weighted by atomic mass is 10.2. The van der Waals surface area contributed by atoms with Crippen molar-refractivity contribution in [2.45, 2.75) is 31.8 Å². The minimum atomic E-state index is -0.824. The van der Waals surface area contributed by atoms with Crippen molar-refractivity contribution in [3.05, 3.63) is 0 Å². The first kappa shape index (κ1) is 10.0. The Morgan fingerprint density at radius 2 is 2.15 bits per heavy atom. The first-order valence-electron chi connectivity index (χ1n) is 3.90. The molecule has 0 unspecified atom stereocenters. The van der Waals surface area contributed by atoms with E-state index in [-0.39, 0.29) is 0 Å². The predicted octanol–water partition coefficient (Wildman–Crippen LogP) is 0.313. The van der Waals surface area contributed by atoms with Crippen LogP contribution in [-0.4, -0.2) is 31.1 Å². The van der Waals surface area contributed by atoms with Gasteiger partial charge in [0, 0.05) is 0 Å². The van der Waals surface area contributed by atoms with E-state index < -0.39 is 24.0 Å². The van der Waals surface area contributed by atoms with Crippen LogP contribution >= 0.6 is 0 Å². The van der Waals surface area contributed by atoms with Gasteiger partial charge in [0.1, 0.15) is 0 Å². The Labute approximate surface area is 77.2 Å². The Morgan fingerprint density at radius 3 is 2.62 bits per heavy atom. The molecule has 0 aliphatic carbocycles. The van der Waals surface area contributed by atoms with E-state index in [9.17, 15) is 4.79 Å². The fraction of sp³-hybridized carbons (Fsp3) is 0.667. The second kappa shape index (κ2) is 3.36. The average Bonchev–Trinajstić information content (AvgIpc) is 2.39. The third kappa shape index (κ3) is 2.00. The van der Waals surface area contributed by atoms with Gasteiger partial charge in [0.15, 0.2) is 18.0 Å². The fourth-order valence-corrected chi connectivity index (χ4v) is 1.17. The number of hydrogen-bond acceptors (Lipinski definition) is 4. The quantitative estimate of drug-likeness (QED) is 0.434. The minimum absolute atomic E-state index is 0.506. The van der Waals surface area contributed by atoms with Gasteiger partial charge in [-0.05, 0) is 13.8 Å². The van der Waals surface area contributed by atoms with Crippen LogP contribution in [-0.2, 0) is 19.0 Å². The summed E-state index contributed by atoms with van der Waals surface area (Å²) in [5.41, 5.74) is 0. The average molecular weight is 184 g/mol. The maximum absolute atomic E-state index is 11.1. The van der Waals surface area contributed by atoms with Gasteiger partial charge >= 0.3 is 5.97 Å². The van der Waals surface area contributed by atoms with E-state index in [0.717, 1.165) is 0 Å². The molecule has 0 spiro atoms. The number of rotatable bonds is 1. The monoisotopic (exact) mass is 184 g/mol. The van der Waals surface area contributed by atoms with Crippen molar-refractivity contribution in [1.82, 2.24) is 0 Å². The van der Waals surface area contributed by atoms with Gasteiger partial charge in [-0.25, -0.2) is 4.79 Å². The van der Waals surface area contributed by atoms with Gasteiger partial charge in [0.05, 0.1) is 7.11 Å². The Morgan fingerprint density at radius 1 is 1.54 bits per heavy atom. The van der Waals surface area contributed by atoms with Crippen LogP contribution in [0.25, 0.3) is 0 Å². The normalized spacial score (nSPS) is 30.9. The molecule has 1 heterocycles. The standard InChI is InChI=1S/C9H12O4/c1-5-6-7(8(10)11-4)13-9(2,3)12-6/h1,6-7H,2-4H3/t6-,7+/m0/s1. The summed E-state index contributed by atoms with van der Waals surface area (Å²) in [6.45, 7) is 3.39. The van der Waals surface area contributed by atoms with Crippen LogP contribution in [0.4, 0.5) is 0 Å². The Hall–Kier alpha value is -1.05. The van der Waals surface area contributed by atoms with Gasteiger partial charge in [-0.1, -0.05) is 5.92 Å². The third-order valence-electron chi connectivity index (χ3n) is 1.69. The molecular weight excluding hydrogens is 172 g/mol. The zero-order chi connectivity index (χ0) is 10.1. The summed E-state index contributed by atoms with van der Waals surface area (Å²) in [7, 11) is 1.28. The Kier molecular flexibility index (Phi) is 2.60. The van der Waals surface area contributed by atoms with Crippen LogP contribution in [0.5, 0.6) is 0 Å². The van der Waals surface area contributed by atoms with Crippen LogP contribution in [0.3, 0.4) is 0 Å².